The third kappa shape index (κ3) is 6.10. The average molecular weight is 529 g/mol. The van der Waals surface area contributed by atoms with Crippen LogP contribution in [0.25, 0.3) is 0 Å². The Bertz CT molecular complexity index is 1240. The molecule has 8 nitrogen and oxygen atoms in total. The second-order valence-electron chi connectivity index (χ2n) is 8.93. The van der Waals surface area contributed by atoms with Gasteiger partial charge in [0.05, 0.1) is 18.4 Å². The lowest BCUT2D eigenvalue weighted by Crippen LogP contribution is -2.17. The van der Waals surface area contributed by atoms with E-state index in [1.165, 1.54) is 41.5 Å². The molecule has 0 bridgehead atoms. The summed E-state index contributed by atoms with van der Waals surface area (Å²) >= 11 is 2.79. The quantitative estimate of drug-likeness (QED) is 0.305. The number of nitrogens with zero attached hydrogens (tertiary/aromatic N) is 3. The molecule has 0 aliphatic heterocycles. The number of rotatable bonds is 8. The van der Waals surface area contributed by atoms with E-state index < -0.39 is 5.97 Å². The van der Waals surface area contributed by atoms with Gasteiger partial charge in [-0.15, -0.1) is 21.5 Å². The van der Waals surface area contributed by atoms with Crippen molar-refractivity contribution in [2.75, 3.05) is 18.2 Å². The minimum absolute atomic E-state index is 0.141. The number of thioether (sulfide) groups is 1. The van der Waals surface area contributed by atoms with Crippen LogP contribution in [0.1, 0.15) is 70.9 Å². The monoisotopic (exact) mass is 528 g/mol. The molecule has 1 amide bonds. The van der Waals surface area contributed by atoms with Crippen molar-refractivity contribution < 1.29 is 19.1 Å². The van der Waals surface area contributed by atoms with Gasteiger partial charge in [0.15, 0.2) is 17.1 Å². The molecular formula is C26H32N4O4S2. The maximum absolute atomic E-state index is 12.9. The van der Waals surface area contributed by atoms with Crippen LogP contribution in [0.3, 0.4) is 0 Å². The predicted octanol–water partition coefficient (Wildman–Crippen LogP) is 5.50. The Kier molecular flexibility index (Phi) is 8.68. The zero-order valence-corrected chi connectivity index (χ0v) is 22.8. The first kappa shape index (κ1) is 26.2. The highest BCUT2D eigenvalue weighted by atomic mass is 32.2. The summed E-state index contributed by atoms with van der Waals surface area (Å²) in [5, 5.41) is 12.7. The molecule has 1 aliphatic rings. The summed E-state index contributed by atoms with van der Waals surface area (Å²) in [6.07, 6.45) is 5.95. The lowest BCUT2D eigenvalue weighted by Gasteiger charge is -2.14. The normalized spacial score (nSPS) is 14.3. The number of benzene rings is 1. The minimum atomic E-state index is -0.392. The van der Waals surface area contributed by atoms with E-state index in [9.17, 15) is 9.59 Å². The standard InChI is InChI=1S/C26H32N4O4S2/c1-16-10-9-11-18(14-16)34-17(2)23-28-29-26(30(23)3)35-15-21(31)27-24-22(25(32)33-4)19-12-7-5-6-8-13-20(19)36-24/h9-11,14,17H,5-8,12-13,15H2,1-4H3,(H,27,31). The number of aromatic nitrogens is 3. The van der Waals surface area contributed by atoms with Gasteiger partial charge in [-0.3, -0.25) is 4.79 Å². The van der Waals surface area contributed by atoms with Crippen LogP contribution in [-0.2, 0) is 29.4 Å². The summed E-state index contributed by atoms with van der Waals surface area (Å²) in [5.74, 6) is 0.989. The zero-order valence-electron chi connectivity index (χ0n) is 21.1. The number of amides is 1. The Labute approximate surface area is 219 Å². The van der Waals surface area contributed by atoms with Gasteiger partial charge in [-0.1, -0.05) is 36.7 Å². The Morgan fingerprint density at radius 1 is 1.19 bits per heavy atom. The molecule has 10 heteroatoms. The van der Waals surface area contributed by atoms with Crippen LogP contribution in [0.15, 0.2) is 29.4 Å². The zero-order chi connectivity index (χ0) is 25.7. The number of esters is 1. The van der Waals surface area contributed by atoms with Crippen LogP contribution in [0.2, 0.25) is 0 Å². The van der Waals surface area contributed by atoms with E-state index in [-0.39, 0.29) is 17.8 Å². The molecular weight excluding hydrogens is 496 g/mol. The largest absolute Gasteiger partial charge is 0.483 e. The van der Waals surface area contributed by atoms with Crippen LogP contribution in [0, 0.1) is 6.92 Å². The molecule has 0 fully saturated rings. The second kappa shape index (κ2) is 11.9. The molecule has 2 heterocycles. The van der Waals surface area contributed by atoms with Gasteiger partial charge < -0.3 is 19.4 Å². The van der Waals surface area contributed by atoms with Crippen LogP contribution >= 0.6 is 23.1 Å². The van der Waals surface area contributed by atoms with E-state index >= 15 is 0 Å². The van der Waals surface area contributed by atoms with E-state index in [1.54, 1.807) is 0 Å². The van der Waals surface area contributed by atoms with Crippen LogP contribution < -0.4 is 10.1 Å². The highest BCUT2D eigenvalue weighted by Gasteiger charge is 2.26. The number of carbonyl (C=O) groups is 2. The van der Waals surface area contributed by atoms with E-state index in [0.717, 1.165) is 49.0 Å². The highest BCUT2D eigenvalue weighted by molar-refractivity contribution is 7.99. The fourth-order valence-corrected chi connectivity index (χ4v) is 6.38. The summed E-state index contributed by atoms with van der Waals surface area (Å²) in [7, 11) is 3.24. The van der Waals surface area contributed by atoms with Crippen molar-refractivity contribution in [3.63, 3.8) is 0 Å². The van der Waals surface area contributed by atoms with Gasteiger partial charge in [0, 0.05) is 11.9 Å². The maximum Gasteiger partial charge on any atom is 0.341 e. The van der Waals surface area contributed by atoms with Gasteiger partial charge in [-0.25, -0.2) is 4.79 Å². The number of fused-ring (bicyclic) bond motifs is 1. The van der Waals surface area contributed by atoms with Gasteiger partial charge in [0.25, 0.3) is 0 Å². The number of methoxy groups -OCH3 is 1. The average Bonchev–Trinajstić information content (AvgIpc) is 3.36. The lowest BCUT2D eigenvalue weighted by atomic mass is 9.96. The molecule has 0 spiro atoms. The third-order valence-corrected chi connectivity index (χ3v) is 8.41. The summed E-state index contributed by atoms with van der Waals surface area (Å²) in [4.78, 5) is 26.6. The number of hydrogen-bond acceptors (Lipinski definition) is 8. The van der Waals surface area contributed by atoms with Crippen molar-refractivity contribution in [1.82, 2.24) is 14.8 Å². The molecule has 1 unspecified atom stereocenters. The van der Waals surface area contributed by atoms with Crippen molar-refractivity contribution in [3.05, 3.63) is 51.7 Å². The van der Waals surface area contributed by atoms with Crippen molar-refractivity contribution >= 4 is 40.0 Å². The first-order chi connectivity index (χ1) is 17.4. The highest BCUT2D eigenvalue weighted by Crippen LogP contribution is 2.37. The first-order valence-electron chi connectivity index (χ1n) is 12.2. The van der Waals surface area contributed by atoms with Gasteiger partial charge in [-0.05, 0) is 62.8 Å². The third-order valence-electron chi connectivity index (χ3n) is 6.18. The molecule has 0 saturated carbocycles. The molecule has 3 aromatic rings. The van der Waals surface area contributed by atoms with Gasteiger partial charge in [-0.2, -0.15) is 0 Å². The SMILES string of the molecule is COC(=O)c1c(NC(=O)CSc2nnc(C(C)Oc3cccc(C)c3)n2C)sc2c1CCCCCC2. The van der Waals surface area contributed by atoms with Gasteiger partial charge in [0.2, 0.25) is 5.91 Å². The second-order valence-corrected chi connectivity index (χ2v) is 11.0. The van der Waals surface area contributed by atoms with Crippen molar-refractivity contribution in [3.8, 4) is 5.75 Å². The molecule has 0 radical (unpaired) electrons. The summed E-state index contributed by atoms with van der Waals surface area (Å²) in [5.41, 5.74) is 2.67. The topological polar surface area (TPSA) is 95.3 Å². The molecule has 1 aliphatic carbocycles. The number of nitrogens with one attached hydrogen (secondary N) is 1. The molecule has 4 rings (SSSR count). The number of carbonyl (C=O) groups excluding carboxylic acids is 2. The maximum atomic E-state index is 12.9. The van der Waals surface area contributed by atoms with E-state index in [0.29, 0.717) is 21.5 Å². The van der Waals surface area contributed by atoms with Crippen molar-refractivity contribution in [2.45, 2.75) is 63.6 Å². The van der Waals surface area contributed by atoms with Crippen LogP contribution in [0.4, 0.5) is 5.00 Å². The number of hydrogen-bond donors (Lipinski definition) is 1. The van der Waals surface area contributed by atoms with Crippen molar-refractivity contribution in [1.29, 1.82) is 0 Å². The fraction of sp³-hybridized carbons (Fsp3) is 0.462. The van der Waals surface area contributed by atoms with E-state index in [2.05, 4.69) is 15.5 Å². The smallest absolute Gasteiger partial charge is 0.341 e. The molecule has 1 atom stereocenters. The van der Waals surface area contributed by atoms with Gasteiger partial charge >= 0.3 is 5.97 Å². The molecule has 2 aromatic heterocycles. The van der Waals surface area contributed by atoms with Crippen LogP contribution in [0.5, 0.6) is 5.75 Å². The summed E-state index contributed by atoms with van der Waals surface area (Å²) in [6, 6.07) is 7.85. The molecule has 1 N–H and O–H groups in total. The molecule has 36 heavy (non-hydrogen) atoms. The number of ether oxygens (including phenoxy) is 2. The number of anilines is 1. The molecule has 1 aromatic carbocycles. The number of aryl methyl sites for hydroxylation is 2. The number of thiophene rings is 1. The van der Waals surface area contributed by atoms with Crippen molar-refractivity contribution in [2.24, 2.45) is 7.05 Å². The van der Waals surface area contributed by atoms with E-state index in [4.69, 9.17) is 9.47 Å². The van der Waals surface area contributed by atoms with Gasteiger partial charge in [0.1, 0.15) is 10.8 Å². The summed E-state index contributed by atoms with van der Waals surface area (Å²) in [6.45, 7) is 3.94. The fourth-order valence-electron chi connectivity index (χ4n) is 4.37. The predicted molar refractivity (Wildman–Crippen MR) is 142 cm³/mol. The molecule has 0 saturated heterocycles. The minimum Gasteiger partial charge on any atom is -0.483 e. The van der Waals surface area contributed by atoms with Crippen LogP contribution in [-0.4, -0.2) is 39.5 Å². The first-order valence-corrected chi connectivity index (χ1v) is 14.0. The molecule has 192 valence electrons. The van der Waals surface area contributed by atoms with E-state index in [1.807, 2.05) is 49.7 Å². The Balaban J connectivity index is 1.41. The Morgan fingerprint density at radius 2 is 1.97 bits per heavy atom. The Morgan fingerprint density at radius 3 is 2.72 bits per heavy atom. The Hall–Kier alpha value is -2.85. The lowest BCUT2D eigenvalue weighted by molar-refractivity contribution is -0.113. The summed E-state index contributed by atoms with van der Waals surface area (Å²) < 4.78 is 12.9.